The summed E-state index contributed by atoms with van der Waals surface area (Å²) in [5.74, 6) is 0.568. The van der Waals surface area contributed by atoms with Crippen LogP contribution in [0.3, 0.4) is 0 Å². The van der Waals surface area contributed by atoms with E-state index in [1.807, 2.05) is 0 Å². The van der Waals surface area contributed by atoms with Crippen molar-refractivity contribution in [1.29, 1.82) is 0 Å². The fourth-order valence-corrected chi connectivity index (χ4v) is 1.84. The van der Waals surface area contributed by atoms with Gasteiger partial charge in [0.2, 0.25) is 5.91 Å². The summed E-state index contributed by atoms with van der Waals surface area (Å²) >= 11 is 0. The highest BCUT2D eigenvalue weighted by molar-refractivity contribution is 5.81. The third kappa shape index (κ3) is 5.33. The number of nitrogens with one attached hydrogen (secondary N) is 1. The molecule has 0 aliphatic heterocycles. The Morgan fingerprint density at radius 2 is 1.74 bits per heavy atom. The molecule has 0 saturated heterocycles. The molecule has 1 aromatic rings. The van der Waals surface area contributed by atoms with Crippen molar-refractivity contribution in [3.8, 4) is 0 Å². The molecule has 0 atom stereocenters. The third-order valence-corrected chi connectivity index (χ3v) is 3.01. The van der Waals surface area contributed by atoms with Crippen molar-refractivity contribution in [2.24, 2.45) is 5.92 Å². The van der Waals surface area contributed by atoms with Crippen molar-refractivity contribution in [3.63, 3.8) is 0 Å². The minimum atomic E-state index is 0.0861. The predicted octanol–water partition coefficient (Wildman–Crippen LogP) is 2.98. The summed E-state index contributed by atoms with van der Waals surface area (Å²) in [5.41, 5.74) is 2.33. The van der Waals surface area contributed by atoms with Crippen LogP contribution < -0.4 is 10.2 Å². The van der Waals surface area contributed by atoms with E-state index in [1.165, 1.54) is 5.56 Å². The van der Waals surface area contributed by atoms with Crippen molar-refractivity contribution in [2.75, 3.05) is 18.0 Å². The molecule has 1 rings (SSSR count). The number of hydrogen-bond donors (Lipinski definition) is 1. The number of hydrogen-bond acceptors (Lipinski definition) is 2. The van der Waals surface area contributed by atoms with Gasteiger partial charge in [0.05, 0.1) is 6.54 Å². The highest BCUT2D eigenvalue weighted by Gasteiger charge is 2.14. The monoisotopic (exact) mass is 262 g/mol. The number of nitrogens with zero attached hydrogens (tertiary/aromatic N) is 1. The fraction of sp³-hybridized carbons (Fsp3) is 0.562. The van der Waals surface area contributed by atoms with Crippen molar-refractivity contribution >= 4 is 11.6 Å². The van der Waals surface area contributed by atoms with Crippen molar-refractivity contribution in [3.05, 3.63) is 29.8 Å². The van der Waals surface area contributed by atoms with Gasteiger partial charge in [-0.3, -0.25) is 4.79 Å². The largest absolute Gasteiger partial charge is 0.360 e. The van der Waals surface area contributed by atoms with Crippen LogP contribution in [-0.4, -0.2) is 25.0 Å². The molecule has 0 bridgehead atoms. The summed E-state index contributed by atoms with van der Waals surface area (Å²) < 4.78 is 0. The molecular weight excluding hydrogens is 236 g/mol. The summed E-state index contributed by atoms with van der Waals surface area (Å²) in [6.07, 6.45) is 0. The second-order valence-electron chi connectivity index (χ2n) is 5.76. The Hall–Kier alpha value is -1.51. The van der Waals surface area contributed by atoms with Gasteiger partial charge < -0.3 is 10.2 Å². The van der Waals surface area contributed by atoms with E-state index in [9.17, 15) is 4.79 Å². The second-order valence-corrected chi connectivity index (χ2v) is 5.76. The second kappa shape index (κ2) is 7.17. The number of carbonyl (C=O) groups excluding carboxylic acids is 1. The molecule has 0 spiro atoms. The zero-order valence-corrected chi connectivity index (χ0v) is 12.7. The van der Waals surface area contributed by atoms with Gasteiger partial charge in [-0.15, -0.1) is 0 Å². The Kier molecular flexibility index (Phi) is 5.87. The molecule has 1 N–H and O–H groups in total. The molecule has 106 valence electrons. The maximum Gasteiger partial charge on any atom is 0.239 e. The van der Waals surface area contributed by atoms with E-state index in [0.29, 0.717) is 18.5 Å². The first-order valence-corrected chi connectivity index (χ1v) is 7.00. The van der Waals surface area contributed by atoms with Gasteiger partial charge in [-0.1, -0.05) is 31.5 Å². The van der Waals surface area contributed by atoms with Gasteiger partial charge in [0.25, 0.3) is 0 Å². The minimum absolute atomic E-state index is 0.0861. The van der Waals surface area contributed by atoms with E-state index >= 15 is 0 Å². The number of carbonyl (C=O) groups is 1. The summed E-state index contributed by atoms with van der Waals surface area (Å²) in [5, 5.41) is 2.97. The lowest BCUT2D eigenvalue weighted by atomic mass is 10.2. The van der Waals surface area contributed by atoms with E-state index in [2.05, 4.69) is 69.1 Å². The summed E-state index contributed by atoms with van der Waals surface area (Å²) in [7, 11) is 0. The Bertz CT molecular complexity index is 396. The minimum Gasteiger partial charge on any atom is -0.360 e. The molecule has 1 amide bonds. The van der Waals surface area contributed by atoms with Crippen LogP contribution in [0, 0.1) is 12.8 Å². The lowest BCUT2D eigenvalue weighted by molar-refractivity contribution is -0.120. The average molecular weight is 262 g/mol. The van der Waals surface area contributed by atoms with Crippen LogP contribution in [0.2, 0.25) is 0 Å². The molecule has 3 nitrogen and oxygen atoms in total. The third-order valence-electron chi connectivity index (χ3n) is 3.01. The van der Waals surface area contributed by atoms with E-state index in [1.54, 1.807) is 0 Å². The number of benzene rings is 1. The Morgan fingerprint density at radius 3 is 2.21 bits per heavy atom. The Morgan fingerprint density at radius 1 is 1.16 bits per heavy atom. The van der Waals surface area contributed by atoms with Crippen LogP contribution in [0.25, 0.3) is 0 Å². The first-order chi connectivity index (χ1) is 8.90. The van der Waals surface area contributed by atoms with Gasteiger partial charge in [-0.05, 0) is 38.8 Å². The van der Waals surface area contributed by atoms with E-state index in [-0.39, 0.29) is 5.91 Å². The van der Waals surface area contributed by atoms with Crippen molar-refractivity contribution < 1.29 is 4.79 Å². The predicted molar refractivity (Wildman–Crippen MR) is 81.5 cm³/mol. The maximum atomic E-state index is 11.9. The molecule has 0 aliphatic rings. The standard InChI is InChI=1S/C16H26N2O/c1-12(2)10-17-16(19)11-18(13(3)4)15-8-6-14(5)7-9-15/h6-9,12-13H,10-11H2,1-5H3,(H,17,19). The summed E-state index contributed by atoms with van der Waals surface area (Å²) in [6.45, 7) is 11.6. The quantitative estimate of drug-likeness (QED) is 0.855. The first-order valence-electron chi connectivity index (χ1n) is 7.00. The van der Waals surface area contributed by atoms with Crippen LogP contribution in [0.15, 0.2) is 24.3 Å². The highest BCUT2D eigenvalue weighted by Crippen LogP contribution is 2.17. The first kappa shape index (κ1) is 15.5. The molecular formula is C16H26N2O. The van der Waals surface area contributed by atoms with Crippen LogP contribution in [0.4, 0.5) is 5.69 Å². The maximum absolute atomic E-state index is 11.9. The molecule has 0 unspecified atom stereocenters. The van der Waals surface area contributed by atoms with E-state index in [4.69, 9.17) is 0 Å². The fourth-order valence-electron chi connectivity index (χ4n) is 1.84. The van der Waals surface area contributed by atoms with Gasteiger partial charge in [0.1, 0.15) is 0 Å². The van der Waals surface area contributed by atoms with Crippen LogP contribution >= 0.6 is 0 Å². The number of rotatable bonds is 6. The van der Waals surface area contributed by atoms with Gasteiger partial charge >= 0.3 is 0 Å². The van der Waals surface area contributed by atoms with Gasteiger partial charge in [0.15, 0.2) is 0 Å². The van der Waals surface area contributed by atoms with Gasteiger partial charge in [0, 0.05) is 18.3 Å². The van der Waals surface area contributed by atoms with Crippen molar-refractivity contribution in [2.45, 2.75) is 40.7 Å². The lowest BCUT2D eigenvalue weighted by Crippen LogP contribution is -2.41. The number of anilines is 1. The normalized spacial score (nSPS) is 10.9. The molecule has 3 heteroatoms. The molecule has 0 radical (unpaired) electrons. The molecule has 19 heavy (non-hydrogen) atoms. The van der Waals surface area contributed by atoms with Crippen LogP contribution in [0.1, 0.15) is 33.3 Å². The number of amides is 1. The van der Waals surface area contributed by atoms with E-state index in [0.717, 1.165) is 12.2 Å². The number of aryl methyl sites for hydroxylation is 1. The molecule has 0 fully saturated rings. The zero-order chi connectivity index (χ0) is 14.4. The van der Waals surface area contributed by atoms with Crippen LogP contribution in [0.5, 0.6) is 0 Å². The van der Waals surface area contributed by atoms with E-state index < -0.39 is 0 Å². The lowest BCUT2D eigenvalue weighted by Gasteiger charge is -2.28. The Labute approximate surface area is 117 Å². The Balaban J connectivity index is 2.68. The topological polar surface area (TPSA) is 32.3 Å². The smallest absolute Gasteiger partial charge is 0.239 e. The highest BCUT2D eigenvalue weighted by atomic mass is 16.2. The van der Waals surface area contributed by atoms with Crippen molar-refractivity contribution in [1.82, 2.24) is 5.32 Å². The average Bonchev–Trinajstić information content (AvgIpc) is 2.34. The zero-order valence-electron chi connectivity index (χ0n) is 12.7. The molecule has 0 heterocycles. The molecule has 0 saturated carbocycles. The molecule has 1 aromatic carbocycles. The summed E-state index contributed by atoms with van der Waals surface area (Å²) in [6, 6.07) is 8.61. The van der Waals surface area contributed by atoms with Gasteiger partial charge in [-0.25, -0.2) is 0 Å². The SMILES string of the molecule is Cc1ccc(N(CC(=O)NCC(C)C)C(C)C)cc1. The molecule has 0 aromatic heterocycles. The summed E-state index contributed by atoms with van der Waals surface area (Å²) in [4.78, 5) is 14.1. The van der Waals surface area contributed by atoms with Gasteiger partial charge in [-0.2, -0.15) is 0 Å². The van der Waals surface area contributed by atoms with Crippen LogP contribution in [-0.2, 0) is 4.79 Å². The molecule has 0 aliphatic carbocycles.